The molecule has 1 N–H and O–H groups in total. The van der Waals surface area contributed by atoms with Gasteiger partial charge in [-0.15, -0.1) is 0 Å². The fourth-order valence-electron chi connectivity index (χ4n) is 2.86. The molecular weight excluding hydrogens is 370 g/mol. The summed E-state index contributed by atoms with van der Waals surface area (Å²) in [6.45, 7) is 7.24. The first-order chi connectivity index (χ1) is 14.0. The van der Waals surface area contributed by atoms with Crippen molar-refractivity contribution in [1.29, 1.82) is 0 Å². The second kappa shape index (κ2) is 10.9. The molecule has 0 radical (unpaired) electrons. The van der Waals surface area contributed by atoms with Crippen LogP contribution in [0, 0.1) is 0 Å². The van der Waals surface area contributed by atoms with Crippen LogP contribution in [0.15, 0.2) is 42.5 Å². The Balaban J connectivity index is 2.22. The van der Waals surface area contributed by atoms with Crippen LogP contribution in [0.1, 0.15) is 64.9 Å². The molecule has 0 saturated carbocycles. The molecular formula is C22H27N3O4. The third kappa shape index (κ3) is 5.88. The highest BCUT2D eigenvalue weighted by molar-refractivity contribution is 6.07. The van der Waals surface area contributed by atoms with Crippen LogP contribution < -0.4 is 5.32 Å². The Morgan fingerprint density at radius 1 is 0.931 bits per heavy atom. The highest BCUT2D eigenvalue weighted by Crippen LogP contribution is 2.17. The lowest BCUT2D eigenvalue weighted by Gasteiger charge is -2.21. The van der Waals surface area contributed by atoms with Crippen molar-refractivity contribution in [2.24, 2.45) is 0 Å². The minimum atomic E-state index is -0.518. The molecule has 7 heteroatoms. The monoisotopic (exact) mass is 397 g/mol. The number of nitrogens with one attached hydrogen (secondary N) is 1. The molecule has 0 aliphatic rings. The number of aromatic nitrogens is 1. The zero-order valence-electron chi connectivity index (χ0n) is 17.1. The van der Waals surface area contributed by atoms with Crippen molar-refractivity contribution in [3.05, 3.63) is 59.4 Å². The first-order valence-electron chi connectivity index (χ1n) is 9.85. The van der Waals surface area contributed by atoms with Gasteiger partial charge in [-0.25, -0.2) is 9.78 Å². The first kappa shape index (κ1) is 22.1. The largest absolute Gasteiger partial charge is 0.462 e. The van der Waals surface area contributed by atoms with Crippen LogP contribution in [0.4, 0.5) is 5.69 Å². The third-order valence-corrected chi connectivity index (χ3v) is 4.15. The van der Waals surface area contributed by atoms with Crippen molar-refractivity contribution in [3.63, 3.8) is 0 Å². The van der Waals surface area contributed by atoms with E-state index >= 15 is 0 Å². The molecule has 154 valence electrons. The van der Waals surface area contributed by atoms with E-state index in [1.807, 2.05) is 13.8 Å². The van der Waals surface area contributed by atoms with Crippen molar-refractivity contribution in [2.45, 2.75) is 33.6 Å². The smallest absolute Gasteiger partial charge is 0.340 e. The molecule has 2 aromatic rings. The number of anilines is 1. The molecule has 0 aliphatic carbocycles. The quantitative estimate of drug-likeness (QED) is 0.651. The number of hydrogen-bond donors (Lipinski definition) is 1. The topological polar surface area (TPSA) is 88.6 Å². The van der Waals surface area contributed by atoms with E-state index in [0.717, 1.165) is 12.8 Å². The van der Waals surface area contributed by atoms with Crippen molar-refractivity contribution < 1.29 is 19.1 Å². The second-order valence-corrected chi connectivity index (χ2v) is 6.42. The summed E-state index contributed by atoms with van der Waals surface area (Å²) in [6, 6.07) is 11.3. The fourth-order valence-corrected chi connectivity index (χ4v) is 2.86. The predicted molar refractivity (Wildman–Crippen MR) is 111 cm³/mol. The van der Waals surface area contributed by atoms with Gasteiger partial charge < -0.3 is 15.0 Å². The third-order valence-electron chi connectivity index (χ3n) is 4.15. The summed E-state index contributed by atoms with van der Waals surface area (Å²) >= 11 is 0. The lowest BCUT2D eigenvalue weighted by molar-refractivity contribution is 0.0527. The second-order valence-electron chi connectivity index (χ2n) is 6.42. The summed E-state index contributed by atoms with van der Waals surface area (Å²) in [5, 5.41) is 2.68. The molecule has 0 atom stereocenters. The van der Waals surface area contributed by atoms with Crippen molar-refractivity contribution >= 4 is 23.5 Å². The zero-order valence-corrected chi connectivity index (χ0v) is 17.1. The van der Waals surface area contributed by atoms with Gasteiger partial charge in [0, 0.05) is 13.1 Å². The van der Waals surface area contributed by atoms with Crippen LogP contribution in [-0.2, 0) is 4.74 Å². The summed E-state index contributed by atoms with van der Waals surface area (Å²) < 4.78 is 5.02. The van der Waals surface area contributed by atoms with Gasteiger partial charge in [-0.2, -0.15) is 0 Å². The van der Waals surface area contributed by atoms with Crippen molar-refractivity contribution in [3.8, 4) is 0 Å². The molecule has 1 heterocycles. The Hall–Kier alpha value is -3.22. The van der Waals surface area contributed by atoms with E-state index in [1.54, 1.807) is 48.2 Å². The van der Waals surface area contributed by atoms with Gasteiger partial charge in [0.15, 0.2) is 0 Å². The summed E-state index contributed by atoms with van der Waals surface area (Å²) in [6.07, 6.45) is 1.69. The van der Waals surface area contributed by atoms with E-state index in [2.05, 4.69) is 10.3 Å². The molecule has 0 unspecified atom stereocenters. The standard InChI is InChI=1S/C22H27N3O4/c1-4-14-25(15-5-2)21(27)19-13-9-12-18(23-19)20(26)24-17-11-8-7-10-16(17)22(28)29-6-3/h7-13H,4-6,14-15H2,1-3H3,(H,24,26). The van der Waals surface area contributed by atoms with E-state index in [0.29, 0.717) is 18.8 Å². The molecule has 29 heavy (non-hydrogen) atoms. The number of amides is 2. The molecule has 1 aromatic heterocycles. The number of carbonyl (C=O) groups excluding carboxylic acids is 3. The molecule has 0 saturated heterocycles. The average Bonchev–Trinajstić information content (AvgIpc) is 2.73. The van der Waals surface area contributed by atoms with E-state index in [4.69, 9.17) is 4.74 Å². The van der Waals surface area contributed by atoms with Gasteiger partial charge in [-0.3, -0.25) is 9.59 Å². The molecule has 0 bridgehead atoms. The number of hydrogen-bond acceptors (Lipinski definition) is 5. The van der Waals surface area contributed by atoms with E-state index < -0.39 is 11.9 Å². The Labute approximate surface area is 171 Å². The van der Waals surface area contributed by atoms with Crippen LogP contribution in [0.25, 0.3) is 0 Å². The SMILES string of the molecule is CCCN(CCC)C(=O)c1cccc(C(=O)Nc2ccccc2C(=O)OCC)n1. The van der Waals surface area contributed by atoms with Gasteiger partial charge in [0.2, 0.25) is 0 Å². The maximum absolute atomic E-state index is 12.7. The highest BCUT2D eigenvalue weighted by atomic mass is 16.5. The van der Waals surface area contributed by atoms with Crippen LogP contribution in [-0.4, -0.2) is 47.4 Å². The summed E-state index contributed by atoms with van der Waals surface area (Å²) in [5.74, 6) is -1.22. The Kier molecular flexibility index (Phi) is 8.33. The van der Waals surface area contributed by atoms with Crippen LogP contribution in [0.2, 0.25) is 0 Å². The number of benzene rings is 1. The van der Waals surface area contributed by atoms with Crippen LogP contribution >= 0.6 is 0 Å². The number of ether oxygens (including phenoxy) is 1. The molecule has 1 aromatic carbocycles. The number of para-hydroxylation sites is 1. The van der Waals surface area contributed by atoms with Crippen molar-refractivity contribution in [2.75, 3.05) is 25.0 Å². The number of nitrogens with zero attached hydrogens (tertiary/aromatic N) is 2. The zero-order chi connectivity index (χ0) is 21.2. The number of rotatable bonds is 9. The summed E-state index contributed by atoms with van der Waals surface area (Å²) in [4.78, 5) is 43.5. The fraction of sp³-hybridized carbons (Fsp3) is 0.364. The predicted octanol–water partition coefficient (Wildman–Crippen LogP) is 3.77. The van der Waals surface area contributed by atoms with Crippen molar-refractivity contribution in [1.82, 2.24) is 9.88 Å². The minimum absolute atomic E-state index is 0.0995. The molecule has 0 aliphatic heterocycles. The van der Waals surface area contributed by atoms with E-state index in [9.17, 15) is 14.4 Å². The maximum Gasteiger partial charge on any atom is 0.340 e. The van der Waals surface area contributed by atoms with Crippen LogP contribution in [0.3, 0.4) is 0 Å². The average molecular weight is 397 g/mol. The van der Waals surface area contributed by atoms with Gasteiger partial charge in [-0.05, 0) is 44.0 Å². The lowest BCUT2D eigenvalue weighted by Crippen LogP contribution is -2.33. The van der Waals surface area contributed by atoms with E-state index in [-0.39, 0.29) is 29.5 Å². The number of esters is 1. The Morgan fingerprint density at radius 3 is 2.24 bits per heavy atom. The Morgan fingerprint density at radius 2 is 1.59 bits per heavy atom. The maximum atomic E-state index is 12.7. The van der Waals surface area contributed by atoms with Gasteiger partial charge in [-0.1, -0.05) is 32.0 Å². The molecule has 0 fully saturated rings. The molecule has 0 spiro atoms. The Bertz CT molecular complexity index is 861. The number of carbonyl (C=O) groups is 3. The minimum Gasteiger partial charge on any atom is -0.462 e. The molecule has 7 nitrogen and oxygen atoms in total. The lowest BCUT2D eigenvalue weighted by atomic mass is 10.1. The normalized spacial score (nSPS) is 10.3. The van der Waals surface area contributed by atoms with Crippen LogP contribution in [0.5, 0.6) is 0 Å². The molecule has 2 rings (SSSR count). The highest BCUT2D eigenvalue weighted by Gasteiger charge is 2.19. The van der Waals surface area contributed by atoms with Gasteiger partial charge >= 0.3 is 5.97 Å². The van der Waals surface area contributed by atoms with Gasteiger partial charge in [0.25, 0.3) is 11.8 Å². The molecule has 2 amide bonds. The van der Waals surface area contributed by atoms with E-state index in [1.165, 1.54) is 6.07 Å². The summed E-state index contributed by atoms with van der Waals surface area (Å²) in [5.41, 5.74) is 0.903. The van der Waals surface area contributed by atoms with Gasteiger partial charge in [0.1, 0.15) is 11.4 Å². The first-order valence-corrected chi connectivity index (χ1v) is 9.85. The number of pyridine rings is 1. The summed E-state index contributed by atoms with van der Waals surface area (Å²) in [7, 11) is 0. The van der Waals surface area contributed by atoms with Gasteiger partial charge in [0.05, 0.1) is 17.9 Å².